The first kappa shape index (κ1) is 25.6. The summed E-state index contributed by atoms with van der Waals surface area (Å²) in [5.74, 6) is 0.761. The van der Waals surface area contributed by atoms with Gasteiger partial charge in [-0.2, -0.15) is 0 Å². The number of halogens is 3. The summed E-state index contributed by atoms with van der Waals surface area (Å²) in [5.41, 5.74) is 1.56. The number of hydrogen-bond donors (Lipinski definition) is 1. The molecule has 10 nitrogen and oxygen atoms in total. The lowest BCUT2D eigenvalue weighted by atomic mass is 9.94. The van der Waals surface area contributed by atoms with E-state index >= 15 is 0 Å². The Morgan fingerprint density at radius 3 is 2.74 bits per heavy atom. The van der Waals surface area contributed by atoms with Crippen LogP contribution in [0.2, 0.25) is 0 Å². The van der Waals surface area contributed by atoms with E-state index in [0.717, 1.165) is 44.3 Å². The fraction of sp³-hybridized carbons (Fsp3) is 0.448. The lowest BCUT2D eigenvalue weighted by Crippen LogP contribution is -2.50. The Hall–Kier alpha value is -4.13. The Morgan fingerprint density at radius 2 is 1.98 bits per heavy atom. The second kappa shape index (κ2) is 8.93. The molecule has 2 saturated heterocycles. The summed E-state index contributed by atoms with van der Waals surface area (Å²) in [5, 5.41) is 18.2. The first-order chi connectivity index (χ1) is 20.2. The Balaban J connectivity index is 1.04. The number of piperidine rings is 2. The summed E-state index contributed by atoms with van der Waals surface area (Å²) in [6.45, 7) is 0.181. The van der Waals surface area contributed by atoms with E-state index in [-0.39, 0.29) is 47.2 Å². The summed E-state index contributed by atoms with van der Waals surface area (Å²) in [7, 11) is 0. The van der Waals surface area contributed by atoms with Gasteiger partial charge in [-0.25, -0.2) is 14.3 Å². The molecule has 0 radical (unpaired) electrons. The fourth-order valence-corrected chi connectivity index (χ4v) is 7.16. The summed E-state index contributed by atoms with van der Waals surface area (Å²) in [4.78, 5) is 17.8. The highest BCUT2D eigenvalue weighted by Gasteiger charge is 2.68. The van der Waals surface area contributed by atoms with Gasteiger partial charge in [0, 0.05) is 28.6 Å². The number of carbonyl (C=O) groups is 1. The molecule has 4 unspecified atom stereocenters. The van der Waals surface area contributed by atoms with Gasteiger partial charge in [0.15, 0.2) is 11.3 Å². The van der Waals surface area contributed by atoms with Crippen molar-refractivity contribution in [2.24, 2.45) is 5.92 Å². The number of fused-ring (bicyclic) bond motifs is 2. The number of ether oxygens (including phenoxy) is 2. The number of alkyl halides is 3. The number of nitrogens with zero attached hydrogens (tertiary/aromatic N) is 5. The van der Waals surface area contributed by atoms with Gasteiger partial charge in [0.25, 0.3) is 0 Å². The molecule has 0 amide bonds. The van der Waals surface area contributed by atoms with Gasteiger partial charge in [-0.1, -0.05) is 17.3 Å². The standard InChI is InChI=1S/C29H26F3N5O5/c30-29(31,32)41-22-4-2-1-3-19(22)25-20(26(42-35-25)15-5-6-15)14-40-18-10-17-9-16-11-28(16,12-18)37(17)24-8-7-23-33-21(27(38)39)13-36(23)34-24/h1-4,7-8,13,15-18H,5-6,9-12,14H2,(H,38,39). The quantitative estimate of drug-likeness (QED) is 0.285. The van der Waals surface area contributed by atoms with Gasteiger partial charge in [0.1, 0.15) is 23.0 Å². The average Bonchev–Trinajstić information content (AvgIpc) is 3.77. The van der Waals surface area contributed by atoms with E-state index < -0.39 is 12.3 Å². The highest BCUT2D eigenvalue weighted by Crippen LogP contribution is 2.65. The molecule has 8 rings (SSSR count). The normalized spacial score (nSPS) is 26.5. The van der Waals surface area contributed by atoms with Crippen LogP contribution in [0.1, 0.15) is 66.3 Å². The van der Waals surface area contributed by atoms with Gasteiger partial charge < -0.3 is 24.0 Å². The number of para-hydroxylation sites is 1. The van der Waals surface area contributed by atoms with Crippen LogP contribution in [0.5, 0.6) is 5.75 Å². The summed E-state index contributed by atoms with van der Waals surface area (Å²) in [6, 6.07) is 9.86. The van der Waals surface area contributed by atoms with E-state index in [0.29, 0.717) is 28.6 Å². The van der Waals surface area contributed by atoms with Crippen LogP contribution in [-0.4, -0.2) is 54.9 Å². The number of aromatic carboxylic acids is 1. The van der Waals surface area contributed by atoms with Gasteiger partial charge in [0.05, 0.1) is 18.9 Å². The molecule has 2 aliphatic carbocycles. The van der Waals surface area contributed by atoms with Gasteiger partial charge in [-0.15, -0.1) is 18.3 Å². The first-order valence-corrected chi connectivity index (χ1v) is 14.0. The summed E-state index contributed by atoms with van der Waals surface area (Å²) in [6.07, 6.45) is 2.04. The van der Waals surface area contributed by atoms with Crippen LogP contribution >= 0.6 is 0 Å². The molecular formula is C29H26F3N5O5. The molecule has 2 saturated carbocycles. The molecule has 5 heterocycles. The van der Waals surface area contributed by atoms with E-state index in [1.807, 2.05) is 6.07 Å². The molecule has 1 aromatic carbocycles. The van der Waals surface area contributed by atoms with Crippen molar-refractivity contribution in [3.63, 3.8) is 0 Å². The fourth-order valence-electron chi connectivity index (χ4n) is 7.16. The van der Waals surface area contributed by atoms with Crippen LogP contribution in [-0.2, 0) is 11.3 Å². The second-order valence-electron chi connectivity index (χ2n) is 11.8. The third-order valence-electron chi connectivity index (χ3n) is 9.09. The number of imidazole rings is 1. The predicted molar refractivity (Wildman–Crippen MR) is 140 cm³/mol. The zero-order chi connectivity index (χ0) is 28.8. The Kier molecular flexibility index (Phi) is 5.44. The predicted octanol–water partition coefficient (Wildman–Crippen LogP) is 5.58. The van der Waals surface area contributed by atoms with Gasteiger partial charge in [0.2, 0.25) is 0 Å². The molecule has 2 bridgehead atoms. The summed E-state index contributed by atoms with van der Waals surface area (Å²) >= 11 is 0. The van der Waals surface area contributed by atoms with E-state index in [9.17, 15) is 23.1 Å². The molecule has 1 spiro atoms. The van der Waals surface area contributed by atoms with Crippen molar-refractivity contribution in [3.05, 3.63) is 59.6 Å². The van der Waals surface area contributed by atoms with Crippen LogP contribution in [0, 0.1) is 5.92 Å². The van der Waals surface area contributed by atoms with Crippen molar-refractivity contribution in [1.82, 2.24) is 19.8 Å². The molecule has 218 valence electrons. The molecule has 13 heteroatoms. The third kappa shape index (κ3) is 4.20. The van der Waals surface area contributed by atoms with Crippen molar-refractivity contribution in [2.75, 3.05) is 4.90 Å². The maximum Gasteiger partial charge on any atom is 0.573 e. The SMILES string of the molecule is O=C(O)c1cn2nc(N3C4CC(OCc5c(-c6ccccc6OC(F)(F)F)noc5C5CC5)CC35CC5C4)ccc2n1. The van der Waals surface area contributed by atoms with Crippen LogP contribution in [0.25, 0.3) is 16.9 Å². The number of hydrogen-bond acceptors (Lipinski definition) is 8. The van der Waals surface area contributed by atoms with E-state index in [1.165, 1.54) is 22.8 Å². The first-order valence-electron chi connectivity index (χ1n) is 14.0. The summed E-state index contributed by atoms with van der Waals surface area (Å²) < 4.78 is 57.4. The maximum atomic E-state index is 13.1. The van der Waals surface area contributed by atoms with Crippen LogP contribution in [0.15, 0.2) is 47.1 Å². The number of benzene rings is 1. The van der Waals surface area contributed by atoms with Crippen LogP contribution in [0.4, 0.5) is 19.0 Å². The van der Waals surface area contributed by atoms with Gasteiger partial charge in [-0.3, -0.25) is 0 Å². The maximum absolute atomic E-state index is 13.1. The minimum Gasteiger partial charge on any atom is -0.476 e. The zero-order valence-electron chi connectivity index (χ0n) is 22.3. The molecular weight excluding hydrogens is 555 g/mol. The Labute approximate surface area is 237 Å². The van der Waals surface area contributed by atoms with Crippen molar-refractivity contribution in [3.8, 4) is 17.0 Å². The van der Waals surface area contributed by atoms with Crippen LogP contribution in [0.3, 0.4) is 0 Å². The molecule has 4 fully saturated rings. The van der Waals surface area contributed by atoms with E-state index in [2.05, 4.69) is 19.8 Å². The molecule has 1 N–H and O–H groups in total. The molecule has 4 aliphatic rings. The van der Waals surface area contributed by atoms with Gasteiger partial charge in [-0.05, 0) is 68.7 Å². The molecule has 2 aliphatic heterocycles. The number of rotatable bonds is 8. The monoisotopic (exact) mass is 581 g/mol. The van der Waals surface area contributed by atoms with E-state index in [1.54, 1.807) is 18.2 Å². The smallest absolute Gasteiger partial charge is 0.476 e. The number of carboxylic acids is 1. The van der Waals surface area contributed by atoms with Crippen molar-refractivity contribution in [2.45, 2.75) is 75.1 Å². The molecule has 4 atom stereocenters. The topological polar surface area (TPSA) is 115 Å². The molecule has 3 aromatic heterocycles. The van der Waals surface area contributed by atoms with Crippen molar-refractivity contribution in [1.29, 1.82) is 0 Å². The number of anilines is 1. The van der Waals surface area contributed by atoms with Gasteiger partial charge >= 0.3 is 12.3 Å². The van der Waals surface area contributed by atoms with Crippen molar-refractivity contribution >= 4 is 17.4 Å². The lowest BCUT2D eigenvalue weighted by Gasteiger charge is -2.43. The highest BCUT2D eigenvalue weighted by molar-refractivity contribution is 5.86. The average molecular weight is 582 g/mol. The van der Waals surface area contributed by atoms with Crippen molar-refractivity contribution < 1.29 is 37.1 Å². The third-order valence-corrected chi connectivity index (χ3v) is 9.09. The lowest BCUT2D eigenvalue weighted by molar-refractivity contribution is -0.274. The van der Waals surface area contributed by atoms with Crippen LogP contribution < -0.4 is 9.64 Å². The Bertz CT molecular complexity index is 1720. The molecule has 42 heavy (non-hydrogen) atoms. The Morgan fingerprint density at radius 1 is 1.14 bits per heavy atom. The molecule has 4 aromatic rings. The largest absolute Gasteiger partial charge is 0.573 e. The zero-order valence-corrected chi connectivity index (χ0v) is 22.3. The highest BCUT2D eigenvalue weighted by atomic mass is 19.4. The number of aromatic nitrogens is 4. The minimum absolute atomic E-state index is 0.0502. The van der Waals surface area contributed by atoms with E-state index in [4.69, 9.17) is 14.4 Å². The second-order valence-corrected chi connectivity index (χ2v) is 11.8. The number of carboxylic acid groups (broad SMARTS) is 1. The minimum atomic E-state index is -4.83.